The van der Waals surface area contributed by atoms with Gasteiger partial charge in [0.25, 0.3) is 5.56 Å². The van der Waals surface area contributed by atoms with Crippen molar-refractivity contribution in [2.75, 3.05) is 53.3 Å². The zero-order valence-electron chi connectivity index (χ0n) is 24.3. The van der Waals surface area contributed by atoms with Gasteiger partial charge in [0.1, 0.15) is 28.6 Å². The van der Waals surface area contributed by atoms with Crippen molar-refractivity contribution in [3.63, 3.8) is 0 Å². The fraction of sp³-hybridized carbons (Fsp3) is 0.414. The first kappa shape index (κ1) is 29.7. The molecule has 1 fully saturated rings. The van der Waals surface area contributed by atoms with E-state index >= 15 is 0 Å². The van der Waals surface area contributed by atoms with Crippen molar-refractivity contribution in [1.82, 2.24) is 24.4 Å². The molecular formula is C29H38N8O4. The second-order valence-corrected chi connectivity index (χ2v) is 9.92. The molecule has 12 nitrogen and oxygen atoms in total. The van der Waals surface area contributed by atoms with Gasteiger partial charge >= 0.3 is 0 Å². The summed E-state index contributed by atoms with van der Waals surface area (Å²) < 4.78 is 17.4. The summed E-state index contributed by atoms with van der Waals surface area (Å²) in [5.74, 6) is 1.23. The predicted molar refractivity (Wildman–Crippen MR) is 160 cm³/mol. The molecule has 0 radical (unpaired) electrons. The summed E-state index contributed by atoms with van der Waals surface area (Å²) in [5, 5.41) is 0. The minimum atomic E-state index is -0.300. The molecule has 4 rings (SSSR count). The Morgan fingerprint density at radius 2 is 1.78 bits per heavy atom. The third-order valence-corrected chi connectivity index (χ3v) is 7.02. The standard InChI is InChI=1S/C29H38N8O4/c1-18(30)23(15-32-20-6-8-37(9-7-20)10-11-39-3)24-16-33-28(31)27(34-24)25-17-36(2)29(38)26(35-25)19-12-21(40-4)14-22(13-19)41-5/h12-17,20H,6-11,30H2,1-5H3,(H2,31,33). The average Bonchev–Trinajstić information content (AvgIpc) is 2.98. The van der Waals surface area contributed by atoms with E-state index in [1.807, 2.05) is 0 Å². The van der Waals surface area contributed by atoms with Crippen LogP contribution in [0.3, 0.4) is 0 Å². The summed E-state index contributed by atoms with van der Waals surface area (Å²) in [6.07, 6.45) is 6.83. The quantitative estimate of drug-likeness (QED) is 0.352. The molecule has 0 unspecified atom stereocenters. The van der Waals surface area contributed by atoms with Crippen molar-refractivity contribution in [3.8, 4) is 34.1 Å². The molecule has 0 spiro atoms. The molecule has 12 heteroatoms. The summed E-state index contributed by atoms with van der Waals surface area (Å²) in [4.78, 5) is 34.1. The lowest BCUT2D eigenvalue weighted by atomic mass is 10.1. The van der Waals surface area contributed by atoms with Crippen molar-refractivity contribution in [3.05, 3.63) is 52.3 Å². The van der Waals surface area contributed by atoms with Crippen molar-refractivity contribution in [2.45, 2.75) is 25.8 Å². The van der Waals surface area contributed by atoms with Gasteiger partial charge in [-0.05, 0) is 31.9 Å². The Hall–Kier alpha value is -4.29. The summed E-state index contributed by atoms with van der Waals surface area (Å²) >= 11 is 0. The molecule has 3 aromatic rings. The fourth-order valence-electron chi connectivity index (χ4n) is 4.63. The van der Waals surface area contributed by atoms with Gasteiger partial charge in [0, 0.05) is 69.1 Å². The van der Waals surface area contributed by atoms with Crippen LogP contribution in [-0.2, 0) is 11.8 Å². The summed E-state index contributed by atoms with van der Waals surface area (Å²) in [6.45, 7) is 5.39. The Morgan fingerprint density at radius 1 is 1.10 bits per heavy atom. The van der Waals surface area contributed by atoms with Gasteiger partial charge in [-0.1, -0.05) is 0 Å². The first-order valence-corrected chi connectivity index (χ1v) is 13.4. The number of hydrogen-bond acceptors (Lipinski definition) is 11. The lowest BCUT2D eigenvalue weighted by molar-refractivity contribution is 0.131. The average molecular weight is 563 g/mol. The number of aromatic nitrogens is 4. The van der Waals surface area contributed by atoms with Crippen LogP contribution in [0.25, 0.3) is 28.2 Å². The van der Waals surface area contributed by atoms with E-state index in [9.17, 15) is 4.79 Å². The molecule has 1 aliphatic heterocycles. The molecule has 4 N–H and O–H groups in total. The number of hydrogen-bond donors (Lipinski definition) is 2. The van der Waals surface area contributed by atoms with Crippen LogP contribution in [0.1, 0.15) is 25.5 Å². The van der Waals surface area contributed by atoms with E-state index in [1.165, 1.54) is 4.57 Å². The fourth-order valence-corrected chi connectivity index (χ4v) is 4.63. The second-order valence-electron chi connectivity index (χ2n) is 9.92. The van der Waals surface area contributed by atoms with Gasteiger partial charge in [-0.25, -0.2) is 15.0 Å². The summed E-state index contributed by atoms with van der Waals surface area (Å²) in [7, 11) is 6.45. The SMILES string of the molecule is COCCN1CCC(N=CC(=C(C)N)c2cnc(N)c(-c3cn(C)c(=O)c(-c4cc(OC)cc(OC)c4)n3)n2)CC1. The first-order valence-electron chi connectivity index (χ1n) is 13.4. The number of piperidine rings is 1. The maximum absolute atomic E-state index is 13.1. The Kier molecular flexibility index (Phi) is 9.69. The van der Waals surface area contributed by atoms with E-state index in [4.69, 9.17) is 35.7 Å². The molecule has 41 heavy (non-hydrogen) atoms. The third kappa shape index (κ3) is 7.08. The van der Waals surface area contributed by atoms with Crippen LogP contribution in [0.5, 0.6) is 11.5 Å². The highest BCUT2D eigenvalue weighted by molar-refractivity contribution is 6.10. The van der Waals surface area contributed by atoms with Crippen LogP contribution in [-0.4, -0.2) is 84.2 Å². The molecule has 0 atom stereocenters. The van der Waals surface area contributed by atoms with Gasteiger partial charge in [0.2, 0.25) is 0 Å². The minimum Gasteiger partial charge on any atom is -0.497 e. The van der Waals surface area contributed by atoms with E-state index < -0.39 is 0 Å². The van der Waals surface area contributed by atoms with Gasteiger partial charge in [-0.3, -0.25) is 9.79 Å². The van der Waals surface area contributed by atoms with E-state index in [1.54, 1.807) is 72.1 Å². The number of aryl methyl sites for hydroxylation is 1. The van der Waals surface area contributed by atoms with Crippen molar-refractivity contribution < 1.29 is 14.2 Å². The molecule has 2 aromatic heterocycles. The number of benzene rings is 1. The second kappa shape index (κ2) is 13.4. The molecule has 0 saturated carbocycles. The number of rotatable bonds is 10. The number of anilines is 1. The van der Waals surface area contributed by atoms with E-state index in [0.717, 1.165) is 39.1 Å². The molecular weight excluding hydrogens is 524 g/mol. The summed E-state index contributed by atoms with van der Waals surface area (Å²) in [6, 6.07) is 5.36. The molecule has 218 valence electrons. The van der Waals surface area contributed by atoms with Crippen LogP contribution in [0.15, 0.2) is 46.1 Å². The number of methoxy groups -OCH3 is 3. The Bertz CT molecular complexity index is 1470. The smallest absolute Gasteiger partial charge is 0.276 e. The number of likely N-dealkylation sites (tertiary alicyclic amines) is 1. The molecule has 0 bridgehead atoms. The zero-order chi connectivity index (χ0) is 29.5. The van der Waals surface area contributed by atoms with Crippen LogP contribution in [0.4, 0.5) is 5.82 Å². The van der Waals surface area contributed by atoms with E-state index in [2.05, 4.69) is 14.9 Å². The highest BCUT2D eigenvalue weighted by atomic mass is 16.5. The number of nitrogens with zero attached hydrogens (tertiary/aromatic N) is 6. The van der Waals surface area contributed by atoms with Crippen molar-refractivity contribution in [2.24, 2.45) is 17.8 Å². The molecule has 1 aliphatic rings. The maximum Gasteiger partial charge on any atom is 0.276 e. The molecule has 3 heterocycles. The third-order valence-electron chi connectivity index (χ3n) is 7.02. The molecule has 0 amide bonds. The van der Waals surface area contributed by atoms with Crippen LogP contribution >= 0.6 is 0 Å². The molecule has 1 aromatic carbocycles. The van der Waals surface area contributed by atoms with Gasteiger partial charge in [0.05, 0.1) is 38.8 Å². The highest BCUT2D eigenvalue weighted by Crippen LogP contribution is 2.29. The van der Waals surface area contributed by atoms with Crippen LogP contribution < -0.4 is 26.5 Å². The number of nitrogen functional groups attached to an aromatic ring is 1. The van der Waals surface area contributed by atoms with Crippen LogP contribution in [0.2, 0.25) is 0 Å². The molecule has 1 saturated heterocycles. The van der Waals surface area contributed by atoms with E-state index in [-0.39, 0.29) is 23.1 Å². The Balaban J connectivity index is 1.67. The van der Waals surface area contributed by atoms with Gasteiger partial charge < -0.3 is 35.1 Å². The molecule has 0 aliphatic carbocycles. The van der Waals surface area contributed by atoms with Crippen molar-refractivity contribution >= 4 is 17.6 Å². The lowest BCUT2D eigenvalue weighted by Gasteiger charge is -2.29. The number of ether oxygens (including phenoxy) is 3. The van der Waals surface area contributed by atoms with Crippen molar-refractivity contribution in [1.29, 1.82) is 0 Å². The van der Waals surface area contributed by atoms with Gasteiger partial charge in [-0.15, -0.1) is 0 Å². The highest BCUT2D eigenvalue weighted by Gasteiger charge is 2.20. The first-order chi connectivity index (χ1) is 19.7. The van der Waals surface area contributed by atoms with Crippen LogP contribution in [0, 0.1) is 0 Å². The topological polar surface area (TPSA) is 156 Å². The van der Waals surface area contributed by atoms with Gasteiger partial charge in [0.15, 0.2) is 5.82 Å². The number of nitrogens with two attached hydrogens (primary N) is 2. The van der Waals surface area contributed by atoms with E-state index in [0.29, 0.717) is 45.4 Å². The predicted octanol–water partition coefficient (Wildman–Crippen LogP) is 2.38. The summed E-state index contributed by atoms with van der Waals surface area (Å²) in [5.41, 5.74) is 15.4. The number of allylic oxidation sites excluding steroid dienone is 2. The van der Waals surface area contributed by atoms with Gasteiger partial charge in [-0.2, -0.15) is 0 Å². The monoisotopic (exact) mass is 562 g/mol. The normalized spacial score (nSPS) is 15.2. The number of aliphatic imine (C=N–C) groups is 1. The Labute approximate surface area is 239 Å². The largest absolute Gasteiger partial charge is 0.497 e. The Morgan fingerprint density at radius 3 is 2.39 bits per heavy atom. The maximum atomic E-state index is 13.1. The minimum absolute atomic E-state index is 0.170. The lowest BCUT2D eigenvalue weighted by Crippen LogP contribution is -2.37. The zero-order valence-corrected chi connectivity index (χ0v) is 24.3.